The van der Waals surface area contributed by atoms with Gasteiger partial charge >= 0.3 is 5.97 Å². The number of nitro benzene ring substituents is 1. The lowest BCUT2D eigenvalue weighted by atomic mass is 10.2. The van der Waals surface area contributed by atoms with Gasteiger partial charge in [-0.05, 0) is 13.3 Å². The molecule has 0 fully saturated rings. The normalized spacial score (nSPS) is 10.2. The molecule has 0 saturated carbocycles. The monoisotopic (exact) mass is 304 g/mol. The van der Waals surface area contributed by atoms with E-state index in [-0.39, 0.29) is 35.3 Å². The van der Waals surface area contributed by atoms with Crippen molar-refractivity contribution in [3.8, 4) is 0 Å². The zero-order valence-electron chi connectivity index (χ0n) is 10.8. The number of benzene rings is 1. The number of carbonyl (C=O) groups excluding carboxylic acids is 1. The van der Waals surface area contributed by atoms with Crippen molar-refractivity contribution in [3.05, 3.63) is 33.1 Å². The molecule has 0 amide bonds. The van der Waals surface area contributed by atoms with E-state index in [1.165, 1.54) is 0 Å². The molecule has 0 aromatic heterocycles. The average Bonchev–Trinajstić information content (AvgIpc) is 2.38. The molecule has 1 rings (SSSR count). The zero-order valence-corrected chi connectivity index (χ0v) is 11.6. The molecule has 0 atom stereocenters. The van der Waals surface area contributed by atoms with Crippen LogP contribution in [0.5, 0.6) is 0 Å². The first-order valence-corrected chi connectivity index (χ1v) is 6.36. The molecule has 0 saturated heterocycles. The number of anilines is 1. The smallest absolute Gasteiger partial charge is 0.305 e. The molecule has 0 bridgehead atoms. The van der Waals surface area contributed by atoms with Gasteiger partial charge in [-0.3, -0.25) is 14.9 Å². The van der Waals surface area contributed by atoms with Gasteiger partial charge in [-0.15, -0.1) is 0 Å². The molecular weight excluding hydrogens is 291 g/mol. The molecule has 0 aliphatic heterocycles. The Balaban J connectivity index is 2.61. The third-order valence-electron chi connectivity index (χ3n) is 2.41. The van der Waals surface area contributed by atoms with Gasteiger partial charge in [0.15, 0.2) is 0 Å². The molecule has 0 aliphatic rings. The van der Waals surface area contributed by atoms with E-state index >= 15 is 0 Å². The Morgan fingerprint density at radius 3 is 2.85 bits per heavy atom. The van der Waals surface area contributed by atoms with Gasteiger partial charge in [0, 0.05) is 25.1 Å². The Bertz CT molecular complexity index is 510. The van der Waals surface area contributed by atoms with E-state index in [1.54, 1.807) is 6.92 Å². The summed E-state index contributed by atoms with van der Waals surface area (Å²) in [5.41, 5.74) is -0.284. The van der Waals surface area contributed by atoms with Crippen molar-refractivity contribution < 1.29 is 18.8 Å². The molecule has 110 valence electrons. The first kappa shape index (κ1) is 16.2. The van der Waals surface area contributed by atoms with Gasteiger partial charge in [0.2, 0.25) is 0 Å². The Hall–Kier alpha value is -1.89. The van der Waals surface area contributed by atoms with E-state index in [1.807, 2.05) is 0 Å². The minimum Gasteiger partial charge on any atom is -0.466 e. The van der Waals surface area contributed by atoms with Crippen LogP contribution in [0.2, 0.25) is 5.02 Å². The van der Waals surface area contributed by atoms with Crippen LogP contribution in [-0.4, -0.2) is 24.0 Å². The lowest BCUT2D eigenvalue weighted by molar-refractivity contribution is -0.384. The predicted octanol–water partition coefficient (Wildman–Crippen LogP) is 3.14. The van der Waals surface area contributed by atoms with Crippen molar-refractivity contribution in [3.63, 3.8) is 0 Å². The van der Waals surface area contributed by atoms with Crippen LogP contribution in [0.4, 0.5) is 15.8 Å². The Labute approximate surface area is 120 Å². The van der Waals surface area contributed by atoms with Gasteiger partial charge < -0.3 is 10.1 Å². The van der Waals surface area contributed by atoms with Crippen molar-refractivity contribution in [1.29, 1.82) is 0 Å². The summed E-state index contributed by atoms with van der Waals surface area (Å²) in [6.45, 7) is 2.29. The van der Waals surface area contributed by atoms with Crippen LogP contribution in [-0.2, 0) is 9.53 Å². The molecule has 1 aromatic rings. The summed E-state index contributed by atoms with van der Waals surface area (Å²) in [5.74, 6) is -1.09. The summed E-state index contributed by atoms with van der Waals surface area (Å²) in [5, 5.41) is 13.2. The van der Waals surface area contributed by atoms with Crippen LogP contribution in [0.1, 0.15) is 19.8 Å². The highest BCUT2D eigenvalue weighted by atomic mass is 35.5. The lowest BCUT2D eigenvalue weighted by Crippen LogP contribution is -2.09. The van der Waals surface area contributed by atoms with E-state index in [4.69, 9.17) is 16.3 Å². The second-order valence-electron chi connectivity index (χ2n) is 3.88. The zero-order chi connectivity index (χ0) is 15.1. The van der Waals surface area contributed by atoms with Crippen LogP contribution in [0.3, 0.4) is 0 Å². The fourth-order valence-electron chi connectivity index (χ4n) is 1.52. The number of carbonyl (C=O) groups is 1. The maximum absolute atomic E-state index is 13.3. The number of rotatable bonds is 7. The van der Waals surface area contributed by atoms with Crippen molar-refractivity contribution in [2.24, 2.45) is 0 Å². The first-order chi connectivity index (χ1) is 9.45. The third kappa shape index (κ3) is 4.65. The quantitative estimate of drug-likeness (QED) is 0.362. The topological polar surface area (TPSA) is 81.5 Å². The summed E-state index contributed by atoms with van der Waals surface area (Å²) in [7, 11) is 0. The number of esters is 1. The summed E-state index contributed by atoms with van der Waals surface area (Å²) >= 11 is 5.50. The minimum absolute atomic E-state index is 0.0285. The van der Waals surface area contributed by atoms with Crippen LogP contribution in [0.25, 0.3) is 0 Å². The molecular formula is C12H14ClFN2O4. The van der Waals surface area contributed by atoms with Gasteiger partial charge in [-0.25, -0.2) is 4.39 Å². The summed E-state index contributed by atoms with van der Waals surface area (Å²) in [4.78, 5) is 21.3. The van der Waals surface area contributed by atoms with Gasteiger partial charge in [0.05, 0.1) is 16.6 Å². The number of nitrogens with one attached hydrogen (secondary N) is 1. The third-order valence-corrected chi connectivity index (χ3v) is 2.70. The van der Waals surface area contributed by atoms with Gasteiger partial charge in [-0.1, -0.05) is 11.6 Å². The highest BCUT2D eigenvalue weighted by molar-refractivity contribution is 6.31. The molecule has 8 heteroatoms. The summed E-state index contributed by atoms with van der Waals surface area (Å²) < 4.78 is 18.0. The number of hydrogen-bond acceptors (Lipinski definition) is 5. The number of nitrogens with zero attached hydrogens (tertiary/aromatic N) is 1. The first-order valence-electron chi connectivity index (χ1n) is 5.98. The molecule has 0 radical (unpaired) electrons. The van der Waals surface area contributed by atoms with Crippen LogP contribution in [0.15, 0.2) is 12.1 Å². The van der Waals surface area contributed by atoms with Crippen molar-refractivity contribution in [2.75, 3.05) is 18.5 Å². The standard InChI is InChI=1S/C12H14ClFN2O4/c1-2-20-12(17)4-3-5-15-10-7-9(14)8(13)6-11(10)16(18)19/h6-7,15H,2-5H2,1H3. The van der Waals surface area contributed by atoms with Gasteiger partial charge in [0.25, 0.3) is 5.69 Å². The van der Waals surface area contributed by atoms with Crippen LogP contribution in [0, 0.1) is 15.9 Å². The number of halogens is 2. The molecule has 6 nitrogen and oxygen atoms in total. The maximum atomic E-state index is 13.3. The van der Waals surface area contributed by atoms with Crippen LogP contribution >= 0.6 is 11.6 Å². The predicted molar refractivity (Wildman–Crippen MR) is 72.4 cm³/mol. The fourth-order valence-corrected chi connectivity index (χ4v) is 1.68. The van der Waals surface area contributed by atoms with E-state index in [2.05, 4.69) is 5.32 Å². The molecule has 20 heavy (non-hydrogen) atoms. The molecule has 1 aromatic carbocycles. The Morgan fingerprint density at radius 2 is 2.25 bits per heavy atom. The molecule has 0 unspecified atom stereocenters. The average molecular weight is 305 g/mol. The Kier molecular flexibility index (Phi) is 6.17. The van der Waals surface area contributed by atoms with Gasteiger partial charge in [0.1, 0.15) is 11.5 Å². The van der Waals surface area contributed by atoms with Gasteiger partial charge in [-0.2, -0.15) is 0 Å². The van der Waals surface area contributed by atoms with E-state index in [0.29, 0.717) is 13.0 Å². The molecule has 0 spiro atoms. The highest BCUT2D eigenvalue weighted by Gasteiger charge is 2.17. The fraction of sp³-hybridized carbons (Fsp3) is 0.417. The second-order valence-corrected chi connectivity index (χ2v) is 4.28. The van der Waals surface area contributed by atoms with E-state index < -0.39 is 10.7 Å². The number of ether oxygens (including phenoxy) is 1. The van der Waals surface area contributed by atoms with Crippen molar-refractivity contribution in [1.82, 2.24) is 0 Å². The largest absolute Gasteiger partial charge is 0.466 e. The molecule has 0 heterocycles. The van der Waals surface area contributed by atoms with Crippen molar-refractivity contribution in [2.45, 2.75) is 19.8 Å². The molecule has 0 aliphatic carbocycles. The number of nitro groups is 1. The second kappa shape index (κ2) is 7.64. The summed E-state index contributed by atoms with van der Waals surface area (Å²) in [6.07, 6.45) is 0.602. The van der Waals surface area contributed by atoms with Crippen molar-refractivity contribution >= 4 is 28.9 Å². The maximum Gasteiger partial charge on any atom is 0.305 e. The van der Waals surface area contributed by atoms with E-state index in [0.717, 1.165) is 12.1 Å². The Morgan fingerprint density at radius 1 is 1.55 bits per heavy atom. The minimum atomic E-state index is -0.745. The van der Waals surface area contributed by atoms with Crippen LogP contribution < -0.4 is 5.32 Å². The summed E-state index contributed by atoms with van der Waals surface area (Å²) in [6, 6.07) is 1.91. The van der Waals surface area contributed by atoms with E-state index in [9.17, 15) is 19.3 Å². The SMILES string of the molecule is CCOC(=O)CCCNc1cc(F)c(Cl)cc1[N+](=O)[O-]. The lowest BCUT2D eigenvalue weighted by Gasteiger charge is -2.08. The molecule has 1 N–H and O–H groups in total. The highest BCUT2D eigenvalue weighted by Crippen LogP contribution is 2.30. The number of hydrogen-bond donors (Lipinski definition) is 1.